The fourth-order valence-electron chi connectivity index (χ4n) is 1.84. The fourth-order valence-corrected chi connectivity index (χ4v) is 2.81. The Morgan fingerprint density at radius 1 is 1.30 bits per heavy atom. The maximum absolute atomic E-state index is 11.8. The number of nitrogens with zero attached hydrogens (tertiary/aromatic N) is 3. The van der Waals surface area contributed by atoms with Gasteiger partial charge in [-0.25, -0.2) is 0 Å². The van der Waals surface area contributed by atoms with Crippen LogP contribution in [0, 0.1) is 5.92 Å². The highest BCUT2D eigenvalue weighted by Crippen LogP contribution is 2.18. The van der Waals surface area contributed by atoms with Crippen molar-refractivity contribution in [2.24, 2.45) is 5.92 Å². The number of amides is 3. The number of hydrogen-bond donors (Lipinski definition) is 1. The van der Waals surface area contributed by atoms with Gasteiger partial charge in [0.05, 0.1) is 0 Å². The molecule has 0 unspecified atom stereocenters. The second kappa shape index (κ2) is 6.08. The molecule has 1 N–H and O–H groups in total. The largest absolute Gasteiger partial charge is 0.299 e. The molecule has 1 aromatic heterocycles. The van der Waals surface area contributed by atoms with E-state index in [-0.39, 0.29) is 31.2 Å². The van der Waals surface area contributed by atoms with E-state index in [2.05, 4.69) is 29.4 Å². The number of anilines is 1. The second-order valence-electron chi connectivity index (χ2n) is 5.02. The maximum Gasteiger partial charge on any atom is 0.246 e. The van der Waals surface area contributed by atoms with Crippen molar-refractivity contribution in [2.45, 2.75) is 33.1 Å². The number of hydrogen-bond acceptors (Lipinski definition) is 6. The molecule has 7 nitrogen and oxygen atoms in total. The Balaban J connectivity index is 1.89. The Kier molecular flexibility index (Phi) is 4.43. The lowest BCUT2D eigenvalue weighted by Crippen LogP contribution is -2.36. The molecule has 1 aliphatic rings. The van der Waals surface area contributed by atoms with Crippen LogP contribution in [0.25, 0.3) is 0 Å². The average molecular weight is 296 g/mol. The summed E-state index contributed by atoms with van der Waals surface area (Å²) in [5, 5.41) is 11.7. The molecule has 1 fully saturated rings. The van der Waals surface area contributed by atoms with Gasteiger partial charge in [0, 0.05) is 19.3 Å². The van der Waals surface area contributed by atoms with Crippen molar-refractivity contribution in [1.82, 2.24) is 15.1 Å². The topological polar surface area (TPSA) is 92.3 Å². The first-order valence-corrected chi connectivity index (χ1v) is 7.22. The third kappa shape index (κ3) is 3.60. The maximum atomic E-state index is 11.8. The molecule has 2 rings (SSSR count). The normalized spacial score (nSPS) is 15.2. The minimum absolute atomic E-state index is 0.184. The summed E-state index contributed by atoms with van der Waals surface area (Å²) in [4.78, 5) is 35.5. The average Bonchev–Trinajstić information content (AvgIpc) is 2.90. The molecule has 108 valence electrons. The van der Waals surface area contributed by atoms with Gasteiger partial charge in [-0.3, -0.25) is 24.6 Å². The highest BCUT2D eigenvalue weighted by Gasteiger charge is 2.30. The molecule has 0 atom stereocenters. The first kappa shape index (κ1) is 14.6. The van der Waals surface area contributed by atoms with E-state index < -0.39 is 5.91 Å². The molecular weight excluding hydrogens is 280 g/mol. The van der Waals surface area contributed by atoms with E-state index in [1.165, 1.54) is 11.3 Å². The van der Waals surface area contributed by atoms with Gasteiger partial charge in [-0.1, -0.05) is 25.2 Å². The quantitative estimate of drug-likeness (QED) is 0.812. The molecular formula is C12H16N4O3S. The predicted octanol–water partition coefficient (Wildman–Crippen LogP) is 0.824. The summed E-state index contributed by atoms with van der Waals surface area (Å²) >= 11 is 1.31. The van der Waals surface area contributed by atoms with E-state index in [1.54, 1.807) is 0 Å². The van der Waals surface area contributed by atoms with Crippen LogP contribution in [0.4, 0.5) is 5.13 Å². The Labute approximate surface area is 120 Å². The van der Waals surface area contributed by atoms with Gasteiger partial charge in [-0.05, 0) is 5.92 Å². The Bertz CT molecular complexity index is 525. The van der Waals surface area contributed by atoms with Crippen LogP contribution in [0.15, 0.2) is 0 Å². The highest BCUT2D eigenvalue weighted by molar-refractivity contribution is 7.15. The minimum Gasteiger partial charge on any atom is -0.299 e. The Morgan fingerprint density at radius 3 is 2.55 bits per heavy atom. The van der Waals surface area contributed by atoms with E-state index in [4.69, 9.17) is 0 Å². The third-order valence-electron chi connectivity index (χ3n) is 2.75. The number of aromatic nitrogens is 2. The van der Waals surface area contributed by atoms with Crippen molar-refractivity contribution in [3.8, 4) is 0 Å². The zero-order valence-corrected chi connectivity index (χ0v) is 12.2. The zero-order valence-electron chi connectivity index (χ0n) is 11.4. The van der Waals surface area contributed by atoms with E-state index in [0.29, 0.717) is 11.0 Å². The Morgan fingerprint density at radius 2 is 1.95 bits per heavy atom. The zero-order chi connectivity index (χ0) is 14.7. The van der Waals surface area contributed by atoms with E-state index in [0.717, 1.165) is 16.3 Å². The van der Waals surface area contributed by atoms with Crippen molar-refractivity contribution in [3.05, 3.63) is 5.01 Å². The summed E-state index contributed by atoms with van der Waals surface area (Å²) in [6.07, 6.45) is 1.17. The third-order valence-corrected chi connectivity index (χ3v) is 3.61. The summed E-state index contributed by atoms with van der Waals surface area (Å²) in [5.41, 5.74) is 0. The molecule has 20 heavy (non-hydrogen) atoms. The first-order chi connectivity index (χ1) is 9.45. The van der Waals surface area contributed by atoms with Gasteiger partial charge < -0.3 is 0 Å². The van der Waals surface area contributed by atoms with E-state index in [9.17, 15) is 14.4 Å². The lowest BCUT2D eigenvalue weighted by atomic mass is 10.1. The second-order valence-corrected chi connectivity index (χ2v) is 6.08. The molecule has 1 saturated heterocycles. The molecule has 1 aromatic rings. The summed E-state index contributed by atoms with van der Waals surface area (Å²) in [5.74, 6) is -0.571. The van der Waals surface area contributed by atoms with Crippen molar-refractivity contribution in [3.63, 3.8) is 0 Å². The SMILES string of the molecule is CC(C)Cc1nnc(NC(=O)CN2C(=O)CCC2=O)s1. The Hall–Kier alpha value is -1.83. The number of carbonyl (C=O) groups excluding carboxylic acids is 3. The van der Waals surface area contributed by atoms with Crippen molar-refractivity contribution < 1.29 is 14.4 Å². The van der Waals surface area contributed by atoms with Gasteiger partial charge in [-0.2, -0.15) is 0 Å². The van der Waals surface area contributed by atoms with Crippen LogP contribution in [0.1, 0.15) is 31.7 Å². The monoisotopic (exact) mass is 296 g/mol. The van der Waals surface area contributed by atoms with E-state index >= 15 is 0 Å². The summed E-state index contributed by atoms with van der Waals surface area (Å²) in [6, 6.07) is 0. The molecule has 0 aromatic carbocycles. The molecule has 0 spiro atoms. The minimum atomic E-state index is -0.430. The number of nitrogens with one attached hydrogen (secondary N) is 1. The summed E-state index contributed by atoms with van der Waals surface area (Å²) in [7, 11) is 0. The molecule has 1 aliphatic heterocycles. The van der Waals surface area contributed by atoms with Gasteiger partial charge in [-0.15, -0.1) is 10.2 Å². The van der Waals surface area contributed by atoms with Crippen molar-refractivity contribution in [2.75, 3.05) is 11.9 Å². The molecule has 0 radical (unpaired) electrons. The molecule has 0 saturated carbocycles. The van der Waals surface area contributed by atoms with Gasteiger partial charge >= 0.3 is 0 Å². The molecule has 8 heteroatoms. The van der Waals surface area contributed by atoms with Gasteiger partial charge in [0.25, 0.3) is 0 Å². The van der Waals surface area contributed by atoms with E-state index in [1.807, 2.05) is 0 Å². The standard InChI is InChI=1S/C12H16N4O3S/c1-7(2)5-9-14-15-12(20-9)13-8(17)6-16-10(18)3-4-11(16)19/h7H,3-6H2,1-2H3,(H,13,15,17). The van der Waals surface area contributed by atoms with Crippen molar-refractivity contribution >= 4 is 34.2 Å². The van der Waals surface area contributed by atoms with Crippen molar-refractivity contribution in [1.29, 1.82) is 0 Å². The van der Waals surface area contributed by atoms with Crippen LogP contribution in [0.5, 0.6) is 0 Å². The van der Waals surface area contributed by atoms with Crippen LogP contribution >= 0.6 is 11.3 Å². The highest BCUT2D eigenvalue weighted by atomic mass is 32.1. The van der Waals surface area contributed by atoms with Crippen LogP contribution in [-0.4, -0.2) is 39.4 Å². The number of likely N-dealkylation sites (tertiary alicyclic amines) is 1. The summed E-state index contributed by atoms with van der Waals surface area (Å²) < 4.78 is 0. The first-order valence-electron chi connectivity index (χ1n) is 6.41. The number of imide groups is 1. The van der Waals surface area contributed by atoms with Crippen LogP contribution in [-0.2, 0) is 20.8 Å². The molecule has 0 aliphatic carbocycles. The van der Waals surface area contributed by atoms with Gasteiger partial charge in [0.1, 0.15) is 11.6 Å². The molecule has 3 amide bonds. The molecule has 2 heterocycles. The fraction of sp³-hybridized carbons (Fsp3) is 0.583. The van der Waals surface area contributed by atoms with Crippen LogP contribution < -0.4 is 5.32 Å². The van der Waals surface area contributed by atoms with Crippen LogP contribution in [0.3, 0.4) is 0 Å². The predicted molar refractivity (Wildman–Crippen MR) is 73.0 cm³/mol. The van der Waals surface area contributed by atoms with Gasteiger partial charge in [0.2, 0.25) is 22.9 Å². The van der Waals surface area contributed by atoms with Gasteiger partial charge in [0.15, 0.2) is 0 Å². The number of carbonyl (C=O) groups is 3. The lowest BCUT2D eigenvalue weighted by Gasteiger charge is -2.12. The molecule has 0 bridgehead atoms. The number of rotatable bonds is 5. The lowest BCUT2D eigenvalue weighted by molar-refractivity contribution is -0.141. The smallest absolute Gasteiger partial charge is 0.246 e. The summed E-state index contributed by atoms with van der Waals surface area (Å²) in [6.45, 7) is 3.89. The van der Waals surface area contributed by atoms with Crippen LogP contribution in [0.2, 0.25) is 0 Å².